The number of carboxylic acids is 1. The highest BCUT2D eigenvalue weighted by Gasteiger charge is 2.16. The van der Waals surface area contributed by atoms with E-state index in [2.05, 4.69) is 0 Å². The predicted molar refractivity (Wildman–Crippen MR) is 68.3 cm³/mol. The van der Waals surface area contributed by atoms with Gasteiger partial charge < -0.3 is 9.84 Å². The molecular formula is C12H16N2O5. The van der Waals surface area contributed by atoms with E-state index < -0.39 is 16.9 Å². The molecule has 0 spiro atoms. The molecule has 0 bridgehead atoms. The van der Waals surface area contributed by atoms with Gasteiger partial charge in [-0.2, -0.15) is 0 Å². The van der Waals surface area contributed by atoms with Crippen LogP contribution < -0.4 is 4.74 Å². The quantitative estimate of drug-likeness (QED) is 0.593. The third kappa shape index (κ3) is 4.55. The Hall–Kier alpha value is -2.15. The Balaban J connectivity index is 2.47. The van der Waals surface area contributed by atoms with E-state index in [1.54, 1.807) is 24.9 Å². The third-order valence-corrected chi connectivity index (χ3v) is 2.76. The highest BCUT2D eigenvalue weighted by atomic mass is 16.6. The fourth-order valence-corrected chi connectivity index (χ4v) is 1.38. The molecule has 0 amide bonds. The van der Waals surface area contributed by atoms with Gasteiger partial charge in [-0.25, -0.2) is 0 Å². The van der Waals surface area contributed by atoms with Crippen molar-refractivity contribution in [3.05, 3.63) is 34.4 Å². The molecule has 1 unspecified atom stereocenters. The van der Waals surface area contributed by atoms with E-state index in [-0.39, 0.29) is 12.3 Å². The molecule has 0 radical (unpaired) electrons. The van der Waals surface area contributed by atoms with Crippen molar-refractivity contribution in [1.29, 1.82) is 0 Å². The molecule has 1 aromatic rings. The number of rotatable bonds is 7. The monoisotopic (exact) mass is 268 g/mol. The Kier molecular flexibility index (Phi) is 5.25. The second kappa shape index (κ2) is 6.69. The molecule has 19 heavy (non-hydrogen) atoms. The van der Waals surface area contributed by atoms with Crippen LogP contribution in [0.1, 0.15) is 6.92 Å². The average molecular weight is 268 g/mol. The molecule has 0 heterocycles. The van der Waals surface area contributed by atoms with Gasteiger partial charge in [-0.15, -0.1) is 0 Å². The number of carbonyl (C=O) groups is 1. The number of nitrogens with zero attached hydrogens (tertiary/aromatic N) is 2. The Labute approximate surface area is 110 Å². The fourth-order valence-electron chi connectivity index (χ4n) is 1.38. The molecule has 1 rings (SSSR count). The molecule has 0 aliphatic rings. The fraction of sp³-hybridized carbons (Fsp3) is 0.417. The molecule has 0 fully saturated rings. The molecule has 0 aliphatic carbocycles. The van der Waals surface area contributed by atoms with E-state index in [4.69, 9.17) is 9.84 Å². The van der Waals surface area contributed by atoms with Crippen LogP contribution in [0.5, 0.6) is 5.75 Å². The standard InChI is InChI=1S/C12H16N2O5/c1-9(12(15)16)13(2)6-7-19-11-5-3-4-10(8-11)14(17)18/h3-5,8-9H,6-7H2,1-2H3,(H,15,16). The predicted octanol–water partition coefficient (Wildman–Crippen LogP) is 1.38. The van der Waals surface area contributed by atoms with Gasteiger partial charge in [-0.05, 0) is 20.0 Å². The summed E-state index contributed by atoms with van der Waals surface area (Å²) in [5, 5.41) is 19.4. The lowest BCUT2D eigenvalue weighted by molar-refractivity contribution is -0.384. The van der Waals surface area contributed by atoms with Gasteiger partial charge >= 0.3 is 5.97 Å². The zero-order valence-corrected chi connectivity index (χ0v) is 10.8. The second-order valence-corrected chi connectivity index (χ2v) is 4.10. The summed E-state index contributed by atoms with van der Waals surface area (Å²) in [6.07, 6.45) is 0. The summed E-state index contributed by atoms with van der Waals surface area (Å²) in [7, 11) is 1.68. The molecule has 1 atom stereocenters. The van der Waals surface area contributed by atoms with Gasteiger partial charge in [0.15, 0.2) is 0 Å². The lowest BCUT2D eigenvalue weighted by Gasteiger charge is -2.20. The van der Waals surface area contributed by atoms with Crippen LogP contribution in [-0.2, 0) is 4.79 Å². The number of carboxylic acid groups (broad SMARTS) is 1. The molecule has 0 aromatic heterocycles. The zero-order valence-electron chi connectivity index (χ0n) is 10.8. The topological polar surface area (TPSA) is 92.9 Å². The second-order valence-electron chi connectivity index (χ2n) is 4.10. The van der Waals surface area contributed by atoms with Gasteiger partial charge in [0.25, 0.3) is 5.69 Å². The zero-order chi connectivity index (χ0) is 14.4. The van der Waals surface area contributed by atoms with Crippen molar-refractivity contribution >= 4 is 11.7 Å². The van der Waals surface area contributed by atoms with Crippen molar-refractivity contribution in [2.45, 2.75) is 13.0 Å². The Morgan fingerprint density at radius 1 is 1.58 bits per heavy atom. The summed E-state index contributed by atoms with van der Waals surface area (Å²) in [6, 6.07) is 5.27. The minimum absolute atomic E-state index is 0.0373. The molecule has 7 heteroatoms. The molecule has 104 valence electrons. The number of hydrogen-bond donors (Lipinski definition) is 1. The van der Waals surface area contributed by atoms with Crippen LogP contribution in [0.4, 0.5) is 5.69 Å². The highest BCUT2D eigenvalue weighted by Crippen LogP contribution is 2.18. The lowest BCUT2D eigenvalue weighted by Crippen LogP contribution is -2.38. The summed E-state index contributed by atoms with van der Waals surface area (Å²) in [5.41, 5.74) is -0.0373. The number of likely N-dealkylation sites (N-methyl/N-ethyl adjacent to an activating group) is 1. The van der Waals surface area contributed by atoms with Gasteiger partial charge in [-0.1, -0.05) is 6.07 Å². The normalized spacial score (nSPS) is 12.2. The lowest BCUT2D eigenvalue weighted by atomic mass is 10.3. The molecule has 0 aliphatic heterocycles. The molecule has 1 aromatic carbocycles. The van der Waals surface area contributed by atoms with Crippen LogP contribution in [0.15, 0.2) is 24.3 Å². The van der Waals surface area contributed by atoms with Crippen molar-refractivity contribution in [3.8, 4) is 5.75 Å². The van der Waals surface area contributed by atoms with Crippen molar-refractivity contribution in [2.24, 2.45) is 0 Å². The van der Waals surface area contributed by atoms with Crippen LogP contribution in [0.25, 0.3) is 0 Å². The first kappa shape index (κ1) is 14.9. The SMILES string of the molecule is CC(C(=O)O)N(C)CCOc1cccc([N+](=O)[O-])c1. The molecular weight excluding hydrogens is 252 g/mol. The number of nitro groups is 1. The summed E-state index contributed by atoms with van der Waals surface area (Å²) in [5.74, 6) is -0.511. The minimum Gasteiger partial charge on any atom is -0.492 e. The number of non-ortho nitro benzene ring substituents is 1. The van der Waals surface area contributed by atoms with E-state index in [9.17, 15) is 14.9 Å². The van der Waals surface area contributed by atoms with Crippen LogP contribution in [0.2, 0.25) is 0 Å². The summed E-state index contributed by atoms with van der Waals surface area (Å²) < 4.78 is 5.36. The van der Waals surface area contributed by atoms with Crippen LogP contribution in [-0.4, -0.2) is 47.1 Å². The van der Waals surface area contributed by atoms with E-state index in [1.807, 2.05) is 0 Å². The number of hydrogen-bond acceptors (Lipinski definition) is 5. The first-order valence-corrected chi connectivity index (χ1v) is 5.72. The number of aliphatic carboxylic acids is 1. The van der Waals surface area contributed by atoms with Crippen molar-refractivity contribution in [3.63, 3.8) is 0 Å². The smallest absolute Gasteiger partial charge is 0.320 e. The summed E-state index contributed by atoms with van der Waals surface area (Å²) >= 11 is 0. The summed E-state index contributed by atoms with van der Waals surface area (Å²) in [6.45, 7) is 2.25. The van der Waals surface area contributed by atoms with E-state index in [0.29, 0.717) is 12.3 Å². The van der Waals surface area contributed by atoms with E-state index in [1.165, 1.54) is 18.2 Å². The van der Waals surface area contributed by atoms with E-state index >= 15 is 0 Å². The van der Waals surface area contributed by atoms with Gasteiger partial charge in [0, 0.05) is 12.6 Å². The van der Waals surface area contributed by atoms with Crippen molar-refractivity contribution in [1.82, 2.24) is 4.90 Å². The van der Waals surface area contributed by atoms with Crippen molar-refractivity contribution in [2.75, 3.05) is 20.2 Å². The number of ether oxygens (including phenoxy) is 1. The van der Waals surface area contributed by atoms with E-state index in [0.717, 1.165) is 0 Å². The van der Waals surface area contributed by atoms with Gasteiger partial charge in [0.05, 0.1) is 11.0 Å². The average Bonchev–Trinajstić information content (AvgIpc) is 2.37. The van der Waals surface area contributed by atoms with Gasteiger partial charge in [0.1, 0.15) is 18.4 Å². The maximum atomic E-state index is 10.7. The highest BCUT2D eigenvalue weighted by molar-refractivity contribution is 5.72. The molecule has 7 nitrogen and oxygen atoms in total. The van der Waals surface area contributed by atoms with Crippen LogP contribution in [0, 0.1) is 10.1 Å². The largest absolute Gasteiger partial charge is 0.492 e. The number of nitro benzene ring substituents is 1. The maximum absolute atomic E-state index is 10.7. The molecule has 0 saturated heterocycles. The van der Waals surface area contributed by atoms with Gasteiger partial charge in [-0.3, -0.25) is 19.8 Å². The third-order valence-electron chi connectivity index (χ3n) is 2.76. The number of benzene rings is 1. The van der Waals surface area contributed by atoms with Crippen LogP contribution in [0.3, 0.4) is 0 Å². The Bertz CT molecular complexity index is 463. The summed E-state index contributed by atoms with van der Waals surface area (Å²) in [4.78, 5) is 22.4. The van der Waals surface area contributed by atoms with Gasteiger partial charge in [0.2, 0.25) is 0 Å². The van der Waals surface area contributed by atoms with Crippen LogP contribution >= 0.6 is 0 Å². The first-order chi connectivity index (χ1) is 8.91. The first-order valence-electron chi connectivity index (χ1n) is 5.72. The Morgan fingerprint density at radius 3 is 2.84 bits per heavy atom. The Morgan fingerprint density at radius 2 is 2.26 bits per heavy atom. The van der Waals surface area contributed by atoms with Crippen molar-refractivity contribution < 1.29 is 19.6 Å². The minimum atomic E-state index is -0.905. The molecule has 1 N–H and O–H groups in total. The molecule has 0 saturated carbocycles. The maximum Gasteiger partial charge on any atom is 0.320 e.